The second-order valence-electron chi connectivity index (χ2n) is 6.11. The van der Waals surface area contributed by atoms with Gasteiger partial charge in [-0.1, -0.05) is 0 Å². The minimum atomic E-state index is -0.384. The van der Waals surface area contributed by atoms with Crippen LogP contribution < -0.4 is 10.6 Å². The predicted molar refractivity (Wildman–Crippen MR) is 95.1 cm³/mol. The van der Waals surface area contributed by atoms with Crippen molar-refractivity contribution in [3.63, 3.8) is 0 Å². The summed E-state index contributed by atoms with van der Waals surface area (Å²) in [6.07, 6.45) is 6.56. The Labute approximate surface area is 146 Å². The molecule has 1 aliphatic rings. The molecule has 1 atom stereocenters. The molecule has 0 saturated carbocycles. The topological polar surface area (TPSA) is 63.2 Å². The van der Waals surface area contributed by atoms with Crippen LogP contribution in [0.4, 0.5) is 15.8 Å². The lowest BCUT2D eigenvalue weighted by Gasteiger charge is -2.13. The van der Waals surface area contributed by atoms with Gasteiger partial charge in [-0.15, -0.1) is 0 Å². The van der Waals surface area contributed by atoms with Crippen LogP contribution >= 0.6 is 0 Å². The van der Waals surface area contributed by atoms with Gasteiger partial charge in [0.1, 0.15) is 5.82 Å². The number of anilines is 2. The molecular formula is C19H22FN3O2. The van der Waals surface area contributed by atoms with E-state index in [1.807, 2.05) is 12.1 Å². The van der Waals surface area contributed by atoms with Crippen LogP contribution in [-0.2, 0) is 16.0 Å². The molecule has 0 radical (unpaired) electrons. The largest absolute Gasteiger partial charge is 0.380 e. The number of pyridine rings is 1. The number of amides is 1. The highest BCUT2D eigenvalue weighted by Gasteiger charge is 2.15. The van der Waals surface area contributed by atoms with Gasteiger partial charge < -0.3 is 15.4 Å². The van der Waals surface area contributed by atoms with Gasteiger partial charge in [-0.05, 0) is 55.2 Å². The Morgan fingerprint density at radius 2 is 2.12 bits per heavy atom. The summed E-state index contributed by atoms with van der Waals surface area (Å²) in [6, 6.07) is 8.43. The third-order valence-corrected chi connectivity index (χ3v) is 4.19. The van der Waals surface area contributed by atoms with Crippen molar-refractivity contribution in [2.75, 3.05) is 23.8 Å². The van der Waals surface area contributed by atoms with E-state index in [-0.39, 0.29) is 17.8 Å². The fourth-order valence-electron chi connectivity index (χ4n) is 2.80. The van der Waals surface area contributed by atoms with Crippen LogP contribution in [0.2, 0.25) is 0 Å². The van der Waals surface area contributed by atoms with Gasteiger partial charge in [-0.3, -0.25) is 9.78 Å². The molecule has 1 saturated heterocycles. The van der Waals surface area contributed by atoms with Crippen molar-refractivity contribution in [3.8, 4) is 0 Å². The first-order chi connectivity index (χ1) is 12.2. The standard InChI is InChI=1S/C19H22FN3O2/c20-17-12-15(4-5-18(17)22-13-16-2-1-11-25-16)23-19(24)6-3-14-7-9-21-10-8-14/h4-5,7-10,12,16,22H,1-3,6,11,13H2,(H,23,24)/t16-/m0/s1. The molecule has 0 bridgehead atoms. The Morgan fingerprint density at radius 3 is 2.84 bits per heavy atom. The molecule has 1 fully saturated rings. The number of rotatable bonds is 7. The molecule has 1 aromatic carbocycles. The summed E-state index contributed by atoms with van der Waals surface area (Å²) in [5, 5.41) is 5.79. The number of hydrogen-bond acceptors (Lipinski definition) is 4. The fourth-order valence-corrected chi connectivity index (χ4v) is 2.80. The smallest absolute Gasteiger partial charge is 0.224 e. The fraction of sp³-hybridized carbons (Fsp3) is 0.368. The molecule has 2 aromatic rings. The monoisotopic (exact) mass is 343 g/mol. The van der Waals surface area contributed by atoms with Crippen LogP contribution in [-0.4, -0.2) is 30.1 Å². The zero-order valence-electron chi connectivity index (χ0n) is 14.0. The second kappa shape index (κ2) is 8.58. The van der Waals surface area contributed by atoms with Gasteiger partial charge in [-0.25, -0.2) is 4.39 Å². The Hall–Kier alpha value is -2.47. The molecular weight excluding hydrogens is 321 g/mol. The van der Waals surface area contributed by atoms with Crippen LogP contribution in [0.3, 0.4) is 0 Å². The summed E-state index contributed by atoms with van der Waals surface area (Å²) in [6.45, 7) is 1.37. The van der Waals surface area contributed by atoms with Gasteiger partial charge in [0.25, 0.3) is 0 Å². The normalized spacial score (nSPS) is 16.6. The molecule has 0 unspecified atom stereocenters. The number of nitrogens with one attached hydrogen (secondary N) is 2. The third kappa shape index (κ3) is 5.26. The van der Waals surface area contributed by atoms with E-state index in [0.29, 0.717) is 30.8 Å². The highest BCUT2D eigenvalue weighted by atomic mass is 19.1. The Kier molecular flexibility index (Phi) is 5.95. The summed E-state index contributed by atoms with van der Waals surface area (Å²) in [4.78, 5) is 15.9. The molecule has 0 spiro atoms. The number of aromatic nitrogens is 1. The number of ether oxygens (including phenoxy) is 1. The van der Waals surface area contributed by atoms with Gasteiger partial charge in [0.05, 0.1) is 11.8 Å². The zero-order chi connectivity index (χ0) is 17.5. The molecule has 2 heterocycles. The summed E-state index contributed by atoms with van der Waals surface area (Å²) < 4.78 is 19.7. The van der Waals surface area contributed by atoms with Gasteiger partial charge in [0.15, 0.2) is 0 Å². The highest BCUT2D eigenvalue weighted by Crippen LogP contribution is 2.20. The van der Waals surface area contributed by atoms with Crippen molar-refractivity contribution < 1.29 is 13.9 Å². The second-order valence-corrected chi connectivity index (χ2v) is 6.11. The minimum absolute atomic E-state index is 0.142. The average Bonchev–Trinajstić information content (AvgIpc) is 3.14. The van der Waals surface area contributed by atoms with Crippen molar-refractivity contribution in [1.29, 1.82) is 0 Å². The molecule has 132 valence electrons. The van der Waals surface area contributed by atoms with E-state index in [9.17, 15) is 9.18 Å². The molecule has 5 nitrogen and oxygen atoms in total. The van der Waals surface area contributed by atoms with E-state index in [4.69, 9.17) is 4.74 Å². The van der Waals surface area contributed by atoms with E-state index < -0.39 is 0 Å². The quantitative estimate of drug-likeness (QED) is 0.809. The van der Waals surface area contributed by atoms with Crippen LogP contribution in [0.1, 0.15) is 24.8 Å². The lowest BCUT2D eigenvalue weighted by molar-refractivity contribution is -0.116. The summed E-state index contributed by atoms with van der Waals surface area (Å²) in [5.74, 6) is -0.527. The summed E-state index contributed by atoms with van der Waals surface area (Å²) in [5.41, 5.74) is 1.93. The first-order valence-corrected chi connectivity index (χ1v) is 8.54. The SMILES string of the molecule is O=C(CCc1ccncc1)Nc1ccc(NC[C@@H]2CCCO2)c(F)c1. The van der Waals surface area contributed by atoms with E-state index in [1.54, 1.807) is 24.5 Å². The average molecular weight is 343 g/mol. The maximum atomic E-state index is 14.2. The van der Waals surface area contributed by atoms with E-state index >= 15 is 0 Å². The first kappa shape index (κ1) is 17.4. The molecule has 1 amide bonds. The number of hydrogen-bond donors (Lipinski definition) is 2. The third-order valence-electron chi connectivity index (χ3n) is 4.19. The van der Waals surface area contributed by atoms with Crippen molar-refractivity contribution >= 4 is 17.3 Å². The van der Waals surface area contributed by atoms with Crippen LogP contribution in [0.15, 0.2) is 42.7 Å². The van der Waals surface area contributed by atoms with Gasteiger partial charge in [-0.2, -0.15) is 0 Å². The predicted octanol–water partition coefficient (Wildman–Crippen LogP) is 3.38. The summed E-state index contributed by atoms with van der Waals surface area (Å²) >= 11 is 0. The molecule has 1 aromatic heterocycles. The minimum Gasteiger partial charge on any atom is -0.380 e. The molecule has 3 rings (SSSR count). The lowest BCUT2D eigenvalue weighted by atomic mass is 10.1. The van der Waals surface area contributed by atoms with Gasteiger partial charge in [0.2, 0.25) is 5.91 Å². The number of benzene rings is 1. The lowest BCUT2D eigenvalue weighted by Crippen LogP contribution is -2.19. The molecule has 2 N–H and O–H groups in total. The maximum Gasteiger partial charge on any atom is 0.224 e. The van der Waals surface area contributed by atoms with Crippen molar-refractivity contribution in [3.05, 3.63) is 54.1 Å². The Bertz CT molecular complexity index is 703. The number of aryl methyl sites for hydroxylation is 1. The zero-order valence-corrected chi connectivity index (χ0v) is 14.0. The van der Waals surface area contributed by atoms with E-state index in [0.717, 1.165) is 25.0 Å². The Morgan fingerprint density at radius 1 is 1.28 bits per heavy atom. The number of halogens is 1. The van der Waals surface area contributed by atoms with Crippen molar-refractivity contribution in [1.82, 2.24) is 4.98 Å². The summed E-state index contributed by atoms with van der Waals surface area (Å²) in [7, 11) is 0. The van der Waals surface area contributed by atoms with Crippen LogP contribution in [0.5, 0.6) is 0 Å². The molecule has 0 aliphatic carbocycles. The van der Waals surface area contributed by atoms with Crippen LogP contribution in [0.25, 0.3) is 0 Å². The number of carbonyl (C=O) groups is 1. The maximum absolute atomic E-state index is 14.2. The Balaban J connectivity index is 1.48. The highest BCUT2D eigenvalue weighted by molar-refractivity contribution is 5.91. The number of nitrogens with zero attached hydrogens (tertiary/aromatic N) is 1. The molecule has 6 heteroatoms. The van der Waals surface area contributed by atoms with Crippen molar-refractivity contribution in [2.24, 2.45) is 0 Å². The van der Waals surface area contributed by atoms with Gasteiger partial charge in [0, 0.05) is 37.7 Å². The van der Waals surface area contributed by atoms with Crippen molar-refractivity contribution in [2.45, 2.75) is 31.8 Å². The van der Waals surface area contributed by atoms with E-state index in [1.165, 1.54) is 6.07 Å². The van der Waals surface area contributed by atoms with Crippen LogP contribution in [0, 0.1) is 5.82 Å². The van der Waals surface area contributed by atoms with Gasteiger partial charge >= 0.3 is 0 Å². The van der Waals surface area contributed by atoms with E-state index in [2.05, 4.69) is 15.6 Å². The first-order valence-electron chi connectivity index (χ1n) is 8.54. The molecule has 1 aliphatic heterocycles. The molecule has 25 heavy (non-hydrogen) atoms. The number of carbonyl (C=O) groups excluding carboxylic acids is 1.